The monoisotopic (exact) mass is 294 g/mol. The maximum atomic E-state index is 13.3. The van der Waals surface area contributed by atoms with Crippen LogP contribution in [0.4, 0.5) is 4.39 Å². The van der Waals surface area contributed by atoms with Gasteiger partial charge >= 0.3 is 0 Å². The molecule has 0 aliphatic carbocycles. The van der Waals surface area contributed by atoms with Crippen molar-refractivity contribution in [1.29, 1.82) is 0 Å². The summed E-state index contributed by atoms with van der Waals surface area (Å²) in [6.45, 7) is 11.9. The Bertz CT molecular complexity index is 392. The zero-order valence-electron chi connectivity index (χ0n) is 14.0. The van der Waals surface area contributed by atoms with E-state index in [-0.39, 0.29) is 11.9 Å². The number of nitrogens with two attached hydrogens (primary N) is 1. The molecule has 0 saturated heterocycles. The van der Waals surface area contributed by atoms with Crippen molar-refractivity contribution >= 4 is 0 Å². The van der Waals surface area contributed by atoms with Gasteiger partial charge in [-0.1, -0.05) is 39.8 Å². The van der Waals surface area contributed by atoms with Crippen LogP contribution in [-0.4, -0.2) is 24.5 Å². The Balaban J connectivity index is 2.60. The van der Waals surface area contributed by atoms with Crippen LogP contribution in [0.15, 0.2) is 24.3 Å². The first kappa shape index (κ1) is 18.1. The molecule has 0 aliphatic heterocycles. The second-order valence-electron chi connectivity index (χ2n) is 6.83. The molecule has 1 aromatic carbocycles. The normalized spacial score (nSPS) is 13.4. The third-order valence-electron chi connectivity index (χ3n) is 3.78. The third-order valence-corrected chi connectivity index (χ3v) is 3.78. The lowest BCUT2D eigenvalue weighted by Crippen LogP contribution is -2.34. The van der Waals surface area contributed by atoms with Crippen molar-refractivity contribution in [3.63, 3.8) is 0 Å². The zero-order chi connectivity index (χ0) is 15.8. The van der Waals surface area contributed by atoms with Crippen LogP contribution in [0.1, 0.15) is 52.1 Å². The van der Waals surface area contributed by atoms with Gasteiger partial charge in [-0.3, -0.25) is 0 Å². The first-order chi connectivity index (χ1) is 9.88. The summed E-state index contributed by atoms with van der Waals surface area (Å²) in [6.07, 6.45) is 2.35. The van der Waals surface area contributed by atoms with Crippen molar-refractivity contribution < 1.29 is 4.39 Å². The number of halogens is 1. The van der Waals surface area contributed by atoms with Gasteiger partial charge in [0.15, 0.2) is 0 Å². The van der Waals surface area contributed by atoms with E-state index in [1.54, 1.807) is 12.1 Å². The minimum Gasteiger partial charge on any atom is -0.323 e. The number of rotatable bonds is 9. The number of nitrogens with zero attached hydrogens (tertiary/aromatic N) is 1. The van der Waals surface area contributed by atoms with Gasteiger partial charge in [0.25, 0.3) is 0 Å². The van der Waals surface area contributed by atoms with Gasteiger partial charge < -0.3 is 10.6 Å². The van der Waals surface area contributed by atoms with E-state index in [2.05, 4.69) is 32.6 Å². The minimum absolute atomic E-state index is 0.125. The Morgan fingerprint density at radius 2 is 1.62 bits per heavy atom. The molecule has 1 rings (SSSR count). The first-order valence-electron chi connectivity index (χ1n) is 8.12. The molecule has 0 aliphatic rings. The molecule has 0 saturated carbocycles. The molecule has 21 heavy (non-hydrogen) atoms. The lowest BCUT2D eigenvalue weighted by Gasteiger charge is -2.27. The highest BCUT2D eigenvalue weighted by atomic mass is 19.1. The molecule has 3 heteroatoms. The standard InChI is InChI=1S/C18H31FN2/c1-14(2)8-10-21(11-9-15(3)4)13-18(20)16-6-5-7-17(19)12-16/h5-7,12,14-15,18H,8-11,13,20H2,1-4H3. The second-order valence-corrected chi connectivity index (χ2v) is 6.83. The fraction of sp³-hybridized carbons (Fsp3) is 0.667. The van der Waals surface area contributed by atoms with E-state index in [0.717, 1.165) is 25.2 Å². The molecule has 0 fully saturated rings. The molecule has 0 radical (unpaired) electrons. The van der Waals surface area contributed by atoms with Crippen LogP contribution in [0.3, 0.4) is 0 Å². The quantitative estimate of drug-likeness (QED) is 0.739. The molecular weight excluding hydrogens is 263 g/mol. The van der Waals surface area contributed by atoms with E-state index in [0.29, 0.717) is 11.8 Å². The van der Waals surface area contributed by atoms with Crippen LogP contribution in [0.2, 0.25) is 0 Å². The van der Waals surface area contributed by atoms with Crippen LogP contribution in [0, 0.1) is 17.7 Å². The Kier molecular flexibility index (Phi) is 7.91. The molecule has 0 heterocycles. The average molecular weight is 294 g/mol. The SMILES string of the molecule is CC(C)CCN(CCC(C)C)CC(N)c1cccc(F)c1. The Morgan fingerprint density at radius 3 is 2.10 bits per heavy atom. The minimum atomic E-state index is -0.209. The first-order valence-corrected chi connectivity index (χ1v) is 8.12. The summed E-state index contributed by atoms with van der Waals surface area (Å²) in [5, 5.41) is 0. The maximum Gasteiger partial charge on any atom is 0.123 e. The number of hydrogen-bond acceptors (Lipinski definition) is 2. The third kappa shape index (κ3) is 7.58. The molecule has 0 amide bonds. The van der Waals surface area contributed by atoms with Crippen molar-refractivity contribution in [1.82, 2.24) is 4.90 Å². The molecule has 0 aromatic heterocycles. The van der Waals surface area contributed by atoms with E-state index in [1.807, 2.05) is 6.07 Å². The predicted molar refractivity (Wildman–Crippen MR) is 88.7 cm³/mol. The van der Waals surface area contributed by atoms with Gasteiger partial charge in [0.1, 0.15) is 5.82 Å². The van der Waals surface area contributed by atoms with Crippen molar-refractivity contribution in [2.75, 3.05) is 19.6 Å². The van der Waals surface area contributed by atoms with Crippen LogP contribution >= 0.6 is 0 Å². The number of benzene rings is 1. The lowest BCUT2D eigenvalue weighted by molar-refractivity contribution is 0.230. The molecule has 120 valence electrons. The van der Waals surface area contributed by atoms with Crippen LogP contribution in [0.25, 0.3) is 0 Å². The van der Waals surface area contributed by atoms with Gasteiger partial charge in [0, 0.05) is 12.6 Å². The fourth-order valence-corrected chi connectivity index (χ4v) is 2.30. The smallest absolute Gasteiger partial charge is 0.123 e. The van der Waals surface area contributed by atoms with Gasteiger partial charge in [-0.2, -0.15) is 0 Å². The highest BCUT2D eigenvalue weighted by molar-refractivity contribution is 5.20. The van der Waals surface area contributed by atoms with Gasteiger partial charge in [-0.05, 0) is 55.5 Å². The van der Waals surface area contributed by atoms with E-state index in [4.69, 9.17) is 5.73 Å². The molecule has 1 unspecified atom stereocenters. The molecule has 2 N–H and O–H groups in total. The van der Waals surface area contributed by atoms with E-state index in [9.17, 15) is 4.39 Å². The van der Waals surface area contributed by atoms with Crippen LogP contribution in [0.5, 0.6) is 0 Å². The second kappa shape index (κ2) is 9.16. The number of hydrogen-bond donors (Lipinski definition) is 1. The molecule has 1 aromatic rings. The van der Waals surface area contributed by atoms with Crippen molar-refractivity contribution in [2.45, 2.75) is 46.6 Å². The summed E-state index contributed by atoms with van der Waals surface area (Å²) < 4.78 is 13.3. The molecule has 0 bridgehead atoms. The molecule has 1 atom stereocenters. The highest BCUT2D eigenvalue weighted by Crippen LogP contribution is 2.15. The summed E-state index contributed by atoms with van der Waals surface area (Å²) in [7, 11) is 0. The summed E-state index contributed by atoms with van der Waals surface area (Å²) in [5.74, 6) is 1.17. The molecular formula is C18H31FN2. The fourth-order valence-electron chi connectivity index (χ4n) is 2.30. The van der Waals surface area contributed by atoms with Gasteiger partial charge in [-0.25, -0.2) is 4.39 Å². The molecule has 0 spiro atoms. The van der Waals surface area contributed by atoms with Crippen molar-refractivity contribution in [2.24, 2.45) is 17.6 Å². The largest absolute Gasteiger partial charge is 0.323 e. The summed E-state index contributed by atoms with van der Waals surface area (Å²) in [4.78, 5) is 2.43. The summed E-state index contributed by atoms with van der Waals surface area (Å²) >= 11 is 0. The van der Waals surface area contributed by atoms with E-state index in [1.165, 1.54) is 18.9 Å². The zero-order valence-corrected chi connectivity index (χ0v) is 14.0. The van der Waals surface area contributed by atoms with Crippen LogP contribution < -0.4 is 5.73 Å². The summed E-state index contributed by atoms with van der Waals surface area (Å²) in [5.41, 5.74) is 7.15. The Labute approximate surface area is 129 Å². The van der Waals surface area contributed by atoms with Crippen molar-refractivity contribution in [3.05, 3.63) is 35.6 Å². The topological polar surface area (TPSA) is 29.3 Å². The average Bonchev–Trinajstić information content (AvgIpc) is 2.41. The highest BCUT2D eigenvalue weighted by Gasteiger charge is 2.14. The predicted octanol–water partition coefficient (Wildman–Crippen LogP) is 4.22. The molecule has 2 nitrogen and oxygen atoms in total. The van der Waals surface area contributed by atoms with Gasteiger partial charge in [0.05, 0.1) is 0 Å². The lowest BCUT2D eigenvalue weighted by atomic mass is 10.0. The van der Waals surface area contributed by atoms with Gasteiger partial charge in [-0.15, -0.1) is 0 Å². The maximum absolute atomic E-state index is 13.3. The van der Waals surface area contributed by atoms with Crippen molar-refractivity contribution in [3.8, 4) is 0 Å². The summed E-state index contributed by atoms with van der Waals surface area (Å²) in [6, 6.07) is 6.53. The van der Waals surface area contributed by atoms with Crippen LogP contribution in [-0.2, 0) is 0 Å². The van der Waals surface area contributed by atoms with E-state index < -0.39 is 0 Å². The Morgan fingerprint density at radius 1 is 1.05 bits per heavy atom. The Hall–Kier alpha value is -0.930. The van der Waals surface area contributed by atoms with Gasteiger partial charge in [0.2, 0.25) is 0 Å². The van der Waals surface area contributed by atoms with E-state index >= 15 is 0 Å².